The van der Waals surface area contributed by atoms with Gasteiger partial charge in [-0.2, -0.15) is 0 Å². The number of allylic oxidation sites excluding steroid dienone is 2. The quantitative estimate of drug-likeness (QED) is 0.718. The van der Waals surface area contributed by atoms with Crippen molar-refractivity contribution < 1.29 is 9.90 Å². The summed E-state index contributed by atoms with van der Waals surface area (Å²) in [6, 6.07) is 6.93. The van der Waals surface area contributed by atoms with E-state index in [1.54, 1.807) is 12.1 Å². The van der Waals surface area contributed by atoms with Crippen LogP contribution < -0.4 is 0 Å². The predicted molar refractivity (Wildman–Crippen MR) is 51.9 cm³/mol. The Kier molecular flexibility index (Phi) is 3.26. The lowest BCUT2D eigenvalue weighted by Crippen LogP contribution is -1.95. The first-order chi connectivity index (χ1) is 6.24. The van der Waals surface area contributed by atoms with Crippen LogP contribution in [0.15, 0.2) is 36.4 Å². The summed E-state index contributed by atoms with van der Waals surface area (Å²) in [5.74, 6) is -0.877. The maximum Gasteiger partial charge on any atom is 0.335 e. The number of hydrogen-bond acceptors (Lipinski definition) is 1. The summed E-state index contributed by atoms with van der Waals surface area (Å²) in [5, 5.41) is 8.64. The van der Waals surface area contributed by atoms with Gasteiger partial charge < -0.3 is 5.11 Å². The lowest BCUT2D eigenvalue weighted by molar-refractivity contribution is 0.0697. The van der Waals surface area contributed by atoms with Gasteiger partial charge in [-0.05, 0) is 31.0 Å². The minimum Gasteiger partial charge on any atom is -0.478 e. The average molecular weight is 176 g/mol. The highest BCUT2D eigenvalue weighted by atomic mass is 16.4. The van der Waals surface area contributed by atoms with E-state index in [0.717, 1.165) is 12.0 Å². The summed E-state index contributed by atoms with van der Waals surface area (Å²) >= 11 is 0. The van der Waals surface area contributed by atoms with Crippen molar-refractivity contribution in [3.63, 3.8) is 0 Å². The molecule has 0 heterocycles. The van der Waals surface area contributed by atoms with Crippen LogP contribution in [-0.2, 0) is 6.42 Å². The van der Waals surface area contributed by atoms with Gasteiger partial charge in [0.2, 0.25) is 0 Å². The van der Waals surface area contributed by atoms with E-state index in [4.69, 9.17) is 5.11 Å². The highest BCUT2D eigenvalue weighted by Gasteiger charge is 2.00. The summed E-state index contributed by atoms with van der Waals surface area (Å²) in [7, 11) is 0. The number of carbonyl (C=O) groups is 1. The zero-order valence-electron chi connectivity index (χ0n) is 7.53. The van der Waals surface area contributed by atoms with E-state index in [0.29, 0.717) is 5.56 Å². The molecule has 0 amide bonds. The molecule has 2 nitrogen and oxygen atoms in total. The first-order valence-electron chi connectivity index (χ1n) is 4.17. The van der Waals surface area contributed by atoms with E-state index in [9.17, 15) is 4.79 Å². The fourth-order valence-electron chi connectivity index (χ4n) is 1.04. The van der Waals surface area contributed by atoms with Crippen molar-refractivity contribution in [2.45, 2.75) is 13.3 Å². The second-order valence-corrected chi connectivity index (χ2v) is 2.78. The smallest absolute Gasteiger partial charge is 0.335 e. The number of carboxylic acids is 1. The maximum absolute atomic E-state index is 10.5. The minimum absolute atomic E-state index is 0.337. The Morgan fingerprint density at radius 1 is 1.38 bits per heavy atom. The van der Waals surface area contributed by atoms with E-state index in [2.05, 4.69) is 0 Å². The molecule has 2 heteroatoms. The number of benzene rings is 1. The Balaban J connectivity index is 2.75. The van der Waals surface area contributed by atoms with Crippen molar-refractivity contribution in [2.24, 2.45) is 0 Å². The van der Waals surface area contributed by atoms with Crippen molar-refractivity contribution in [1.82, 2.24) is 0 Å². The van der Waals surface area contributed by atoms with Crippen molar-refractivity contribution in [1.29, 1.82) is 0 Å². The van der Waals surface area contributed by atoms with Crippen LogP contribution in [0.4, 0.5) is 0 Å². The van der Waals surface area contributed by atoms with Crippen molar-refractivity contribution in [3.05, 3.63) is 47.5 Å². The number of aromatic carboxylic acids is 1. The summed E-state index contributed by atoms with van der Waals surface area (Å²) < 4.78 is 0. The zero-order chi connectivity index (χ0) is 9.68. The average Bonchev–Trinajstić information content (AvgIpc) is 2.15. The van der Waals surface area contributed by atoms with Crippen LogP contribution >= 0.6 is 0 Å². The molecule has 1 rings (SSSR count). The molecule has 1 aromatic rings. The van der Waals surface area contributed by atoms with Gasteiger partial charge >= 0.3 is 5.97 Å². The van der Waals surface area contributed by atoms with Crippen LogP contribution in [0.3, 0.4) is 0 Å². The van der Waals surface area contributed by atoms with Gasteiger partial charge in [-0.15, -0.1) is 0 Å². The molecule has 13 heavy (non-hydrogen) atoms. The van der Waals surface area contributed by atoms with Gasteiger partial charge in [0.05, 0.1) is 5.56 Å². The molecule has 0 fully saturated rings. The van der Waals surface area contributed by atoms with Gasteiger partial charge in [0.25, 0.3) is 0 Å². The molecule has 0 aliphatic rings. The number of carboxylic acid groups (broad SMARTS) is 1. The number of rotatable bonds is 3. The monoisotopic (exact) mass is 176 g/mol. The highest BCUT2D eigenvalue weighted by molar-refractivity contribution is 5.87. The molecule has 0 unspecified atom stereocenters. The topological polar surface area (TPSA) is 37.3 Å². The maximum atomic E-state index is 10.5. The van der Waals surface area contributed by atoms with Crippen LogP contribution in [0.5, 0.6) is 0 Å². The van der Waals surface area contributed by atoms with Crippen LogP contribution in [0.25, 0.3) is 0 Å². The third-order valence-corrected chi connectivity index (χ3v) is 1.79. The fourth-order valence-corrected chi connectivity index (χ4v) is 1.04. The van der Waals surface area contributed by atoms with E-state index >= 15 is 0 Å². The molecule has 0 saturated heterocycles. The van der Waals surface area contributed by atoms with Crippen molar-refractivity contribution >= 4 is 5.97 Å². The standard InChI is InChI=1S/C11H12O2/c1-2-3-4-9-5-7-10(8-6-9)11(12)13/h2-3,5-8H,4H2,1H3,(H,12,13)/b3-2+. The Morgan fingerprint density at radius 3 is 2.46 bits per heavy atom. The molecule has 0 bridgehead atoms. The van der Waals surface area contributed by atoms with E-state index < -0.39 is 5.97 Å². The third-order valence-electron chi connectivity index (χ3n) is 1.79. The van der Waals surface area contributed by atoms with E-state index in [1.165, 1.54) is 0 Å². The molecular weight excluding hydrogens is 164 g/mol. The molecule has 0 aliphatic heterocycles. The Hall–Kier alpha value is -1.57. The molecule has 0 atom stereocenters. The SMILES string of the molecule is C/C=C/Cc1ccc(C(=O)O)cc1. The molecule has 0 saturated carbocycles. The van der Waals surface area contributed by atoms with E-state index in [1.807, 2.05) is 31.2 Å². The first kappa shape index (κ1) is 9.52. The lowest BCUT2D eigenvalue weighted by atomic mass is 10.1. The number of hydrogen-bond donors (Lipinski definition) is 1. The minimum atomic E-state index is -0.877. The molecule has 1 aromatic carbocycles. The van der Waals surface area contributed by atoms with Gasteiger partial charge in [0.1, 0.15) is 0 Å². The van der Waals surface area contributed by atoms with Gasteiger partial charge in [0.15, 0.2) is 0 Å². The summed E-state index contributed by atoms with van der Waals surface area (Å²) in [5.41, 5.74) is 1.47. The van der Waals surface area contributed by atoms with E-state index in [-0.39, 0.29) is 0 Å². The third kappa shape index (κ3) is 2.75. The molecule has 1 N–H and O–H groups in total. The van der Waals surface area contributed by atoms with Crippen molar-refractivity contribution in [3.8, 4) is 0 Å². The van der Waals surface area contributed by atoms with Crippen LogP contribution in [0, 0.1) is 0 Å². The van der Waals surface area contributed by atoms with Gasteiger partial charge in [-0.1, -0.05) is 24.3 Å². The van der Waals surface area contributed by atoms with Gasteiger partial charge in [-0.25, -0.2) is 4.79 Å². The summed E-state index contributed by atoms with van der Waals surface area (Å²) in [4.78, 5) is 10.5. The van der Waals surface area contributed by atoms with Gasteiger partial charge in [-0.3, -0.25) is 0 Å². The van der Waals surface area contributed by atoms with Crippen molar-refractivity contribution in [2.75, 3.05) is 0 Å². The molecule has 0 radical (unpaired) electrons. The molecule has 0 spiro atoms. The normalized spacial score (nSPS) is 10.5. The molecule has 68 valence electrons. The van der Waals surface area contributed by atoms with Crippen LogP contribution in [-0.4, -0.2) is 11.1 Å². The Bertz CT molecular complexity index is 309. The molecular formula is C11H12O2. The first-order valence-corrected chi connectivity index (χ1v) is 4.17. The zero-order valence-corrected chi connectivity index (χ0v) is 7.53. The van der Waals surface area contributed by atoms with Crippen LogP contribution in [0.2, 0.25) is 0 Å². The van der Waals surface area contributed by atoms with Crippen LogP contribution in [0.1, 0.15) is 22.8 Å². The lowest BCUT2D eigenvalue weighted by Gasteiger charge is -1.97. The summed E-state index contributed by atoms with van der Waals surface area (Å²) in [6.45, 7) is 1.96. The molecule has 0 aromatic heterocycles. The largest absolute Gasteiger partial charge is 0.478 e. The second kappa shape index (κ2) is 4.45. The second-order valence-electron chi connectivity index (χ2n) is 2.78. The Labute approximate surface area is 77.5 Å². The van der Waals surface area contributed by atoms with Gasteiger partial charge in [0, 0.05) is 0 Å². The predicted octanol–water partition coefficient (Wildman–Crippen LogP) is 2.50. The summed E-state index contributed by atoms with van der Waals surface area (Å²) in [6.07, 6.45) is 4.87. The molecule has 0 aliphatic carbocycles. The fraction of sp³-hybridized carbons (Fsp3) is 0.182. The Morgan fingerprint density at radius 2 is 2.00 bits per heavy atom. The highest BCUT2D eigenvalue weighted by Crippen LogP contribution is 2.05.